The normalized spacial score (nSPS) is 22.6. The van der Waals surface area contributed by atoms with Gasteiger partial charge in [0.1, 0.15) is 5.54 Å². The highest BCUT2D eigenvalue weighted by Gasteiger charge is 2.43. The molecule has 1 atom stereocenters. The molecule has 1 fully saturated rings. The number of carbonyl (C=O) groups excluding carboxylic acids is 1. The van der Waals surface area contributed by atoms with E-state index in [2.05, 4.69) is 0 Å². The number of halogens is 1. The van der Waals surface area contributed by atoms with E-state index < -0.39 is 11.5 Å². The van der Waals surface area contributed by atoms with Crippen molar-refractivity contribution in [3.8, 4) is 0 Å². The fraction of sp³-hybridized carbons (Fsp3) is 0.385. The number of likely N-dealkylation sites (tertiary alicyclic amines) is 1. The lowest BCUT2D eigenvalue weighted by Crippen LogP contribution is -2.50. The number of hydrogen-bond acceptors (Lipinski definition) is 3. The molecule has 1 aliphatic heterocycles. The van der Waals surface area contributed by atoms with Crippen LogP contribution in [0.4, 0.5) is 0 Å². The van der Waals surface area contributed by atoms with Gasteiger partial charge in [-0.15, -0.1) is 0 Å². The maximum absolute atomic E-state index is 12.3. The van der Waals surface area contributed by atoms with E-state index in [1.165, 1.54) is 4.90 Å². The van der Waals surface area contributed by atoms with Crippen LogP contribution in [0.3, 0.4) is 0 Å². The molecule has 3 N–H and O–H groups in total. The van der Waals surface area contributed by atoms with Crippen LogP contribution in [0.25, 0.3) is 0 Å². The predicted octanol–water partition coefficient (Wildman–Crippen LogP) is 1.28. The second-order valence-electron chi connectivity index (χ2n) is 4.87. The Balaban J connectivity index is 2.23. The van der Waals surface area contributed by atoms with E-state index in [9.17, 15) is 9.59 Å². The fourth-order valence-electron chi connectivity index (χ4n) is 2.16. The first-order chi connectivity index (χ1) is 8.85. The number of carboxylic acid groups (broad SMARTS) is 1. The summed E-state index contributed by atoms with van der Waals surface area (Å²) in [5.74, 6) is -1.36. The first-order valence-corrected chi connectivity index (χ1v) is 6.29. The van der Waals surface area contributed by atoms with Gasteiger partial charge in [0.05, 0.1) is 10.6 Å². The van der Waals surface area contributed by atoms with E-state index in [-0.39, 0.29) is 18.9 Å². The van der Waals surface area contributed by atoms with Gasteiger partial charge in [-0.3, -0.25) is 9.59 Å². The number of amides is 1. The Hall–Kier alpha value is -1.59. The number of rotatable bonds is 2. The Morgan fingerprint density at radius 1 is 1.47 bits per heavy atom. The number of carboxylic acids is 1. The van der Waals surface area contributed by atoms with Crippen molar-refractivity contribution in [3.63, 3.8) is 0 Å². The minimum atomic E-state index is -1.36. The Labute approximate surface area is 116 Å². The number of nitrogens with zero attached hydrogens (tertiary/aromatic N) is 1. The quantitative estimate of drug-likeness (QED) is 0.856. The molecule has 2 rings (SSSR count). The zero-order chi connectivity index (χ0) is 14.2. The van der Waals surface area contributed by atoms with Crippen LogP contribution >= 0.6 is 11.6 Å². The second kappa shape index (κ2) is 4.83. The van der Waals surface area contributed by atoms with Crippen LogP contribution < -0.4 is 5.73 Å². The molecule has 1 saturated heterocycles. The third kappa shape index (κ3) is 2.43. The zero-order valence-electron chi connectivity index (χ0n) is 10.5. The third-order valence-electron chi connectivity index (χ3n) is 3.44. The monoisotopic (exact) mass is 282 g/mol. The van der Waals surface area contributed by atoms with Crippen molar-refractivity contribution in [1.29, 1.82) is 0 Å². The number of aryl methyl sites for hydroxylation is 1. The van der Waals surface area contributed by atoms with Gasteiger partial charge in [0.2, 0.25) is 0 Å². The van der Waals surface area contributed by atoms with E-state index in [1.54, 1.807) is 12.1 Å². The van der Waals surface area contributed by atoms with E-state index in [4.69, 9.17) is 22.4 Å². The minimum absolute atomic E-state index is 0.00539. The average molecular weight is 283 g/mol. The predicted molar refractivity (Wildman–Crippen MR) is 71.3 cm³/mol. The molecule has 1 heterocycles. The van der Waals surface area contributed by atoms with Crippen LogP contribution in [0.2, 0.25) is 5.02 Å². The van der Waals surface area contributed by atoms with Crippen LogP contribution in [-0.2, 0) is 4.79 Å². The number of hydrogen-bond donors (Lipinski definition) is 2. The van der Waals surface area contributed by atoms with Gasteiger partial charge in [-0.05, 0) is 25.0 Å². The maximum atomic E-state index is 12.3. The Morgan fingerprint density at radius 3 is 2.74 bits per heavy atom. The highest BCUT2D eigenvalue weighted by molar-refractivity contribution is 6.34. The molecule has 0 bridgehead atoms. The van der Waals surface area contributed by atoms with E-state index >= 15 is 0 Å². The van der Waals surface area contributed by atoms with Gasteiger partial charge in [0, 0.05) is 13.1 Å². The molecule has 0 aromatic heterocycles. The SMILES string of the molecule is Cc1cccc(C(=O)N2CCC(N)(C(=O)O)C2)c1Cl. The largest absolute Gasteiger partial charge is 0.480 e. The van der Waals surface area contributed by atoms with E-state index in [0.29, 0.717) is 17.1 Å². The molecule has 0 spiro atoms. The fourth-order valence-corrected chi connectivity index (χ4v) is 2.37. The number of nitrogens with two attached hydrogens (primary N) is 1. The molecule has 1 aromatic rings. The van der Waals surface area contributed by atoms with Gasteiger partial charge in [0.15, 0.2) is 0 Å². The minimum Gasteiger partial charge on any atom is -0.480 e. The lowest BCUT2D eigenvalue weighted by atomic mass is 10.0. The third-order valence-corrected chi connectivity index (χ3v) is 3.94. The topological polar surface area (TPSA) is 83.6 Å². The lowest BCUT2D eigenvalue weighted by molar-refractivity contribution is -0.142. The molecule has 1 amide bonds. The van der Waals surface area contributed by atoms with Gasteiger partial charge in [-0.2, -0.15) is 0 Å². The van der Waals surface area contributed by atoms with Crippen molar-refractivity contribution in [2.45, 2.75) is 18.9 Å². The molecule has 5 nitrogen and oxygen atoms in total. The molecule has 0 aliphatic carbocycles. The van der Waals surface area contributed by atoms with Gasteiger partial charge in [0.25, 0.3) is 5.91 Å². The van der Waals surface area contributed by atoms with Crippen molar-refractivity contribution in [2.75, 3.05) is 13.1 Å². The van der Waals surface area contributed by atoms with Crippen molar-refractivity contribution in [1.82, 2.24) is 4.90 Å². The molecule has 0 saturated carbocycles. The second-order valence-corrected chi connectivity index (χ2v) is 5.25. The number of benzene rings is 1. The molecule has 6 heteroatoms. The van der Waals surface area contributed by atoms with Crippen molar-refractivity contribution < 1.29 is 14.7 Å². The summed E-state index contributed by atoms with van der Waals surface area (Å²) in [6, 6.07) is 5.19. The van der Waals surface area contributed by atoms with Crippen molar-refractivity contribution >= 4 is 23.5 Å². The molecule has 1 aliphatic rings. The van der Waals surface area contributed by atoms with E-state index in [1.807, 2.05) is 13.0 Å². The Bertz CT molecular complexity index is 547. The molecule has 1 unspecified atom stereocenters. The molecule has 102 valence electrons. The average Bonchev–Trinajstić information content (AvgIpc) is 2.76. The van der Waals surface area contributed by atoms with Crippen LogP contribution in [-0.4, -0.2) is 40.5 Å². The van der Waals surface area contributed by atoms with Gasteiger partial charge in [-0.1, -0.05) is 23.7 Å². The lowest BCUT2D eigenvalue weighted by Gasteiger charge is -2.20. The van der Waals surface area contributed by atoms with Crippen molar-refractivity contribution in [2.24, 2.45) is 5.73 Å². The Kier molecular flexibility index (Phi) is 3.52. The summed E-state index contributed by atoms with van der Waals surface area (Å²) in [4.78, 5) is 24.8. The summed E-state index contributed by atoms with van der Waals surface area (Å²) >= 11 is 6.11. The summed E-state index contributed by atoms with van der Waals surface area (Å²) in [6.07, 6.45) is 0.248. The molecular weight excluding hydrogens is 268 g/mol. The summed E-state index contributed by atoms with van der Waals surface area (Å²) in [5.41, 5.74) is 5.59. The first kappa shape index (κ1) is 13.8. The standard InChI is InChI=1S/C13H15ClN2O3/c1-8-3-2-4-9(10(8)14)11(17)16-6-5-13(15,7-16)12(18)19/h2-4H,5-7,15H2,1H3,(H,18,19). The van der Waals surface area contributed by atoms with Gasteiger partial charge >= 0.3 is 5.97 Å². The summed E-state index contributed by atoms with van der Waals surface area (Å²) in [7, 11) is 0. The van der Waals surface area contributed by atoms with Crippen LogP contribution in [0, 0.1) is 6.92 Å². The number of aliphatic carboxylic acids is 1. The van der Waals surface area contributed by atoms with Crippen LogP contribution in [0.5, 0.6) is 0 Å². The summed E-state index contributed by atoms with van der Waals surface area (Å²) < 4.78 is 0. The zero-order valence-corrected chi connectivity index (χ0v) is 11.3. The molecule has 19 heavy (non-hydrogen) atoms. The molecular formula is C13H15ClN2O3. The summed E-state index contributed by atoms with van der Waals surface area (Å²) in [6.45, 7) is 2.14. The van der Waals surface area contributed by atoms with Gasteiger partial charge in [-0.25, -0.2) is 0 Å². The highest BCUT2D eigenvalue weighted by Crippen LogP contribution is 2.25. The molecule has 0 radical (unpaired) electrons. The first-order valence-electron chi connectivity index (χ1n) is 5.92. The number of carbonyl (C=O) groups is 2. The summed E-state index contributed by atoms with van der Waals surface area (Å²) in [5, 5.41) is 9.45. The molecule has 1 aromatic carbocycles. The highest BCUT2D eigenvalue weighted by atomic mass is 35.5. The maximum Gasteiger partial charge on any atom is 0.325 e. The smallest absolute Gasteiger partial charge is 0.325 e. The Morgan fingerprint density at radius 2 is 2.16 bits per heavy atom. The van der Waals surface area contributed by atoms with Crippen molar-refractivity contribution in [3.05, 3.63) is 34.3 Å². The van der Waals surface area contributed by atoms with E-state index in [0.717, 1.165) is 5.56 Å². The van der Waals surface area contributed by atoms with Crippen LogP contribution in [0.15, 0.2) is 18.2 Å². The van der Waals surface area contributed by atoms with Crippen LogP contribution in [0.1, 0.15) is 22.3 Å². The van der Waals surface area contributed by atoms with Gasteiger partial charge < -0.3 is 15.7 Å².